The van der Waals surface area contributed by atoms with Crippen LogP contribution in [0.3, 0.4) is 0 Å². The Morgan fingerprint density at radius 1 is 0.957 bits per heavy atom. The number of aromatic nitrogens is 1. The zero-order chi connectivity index (χ0) is 16.6. The van der Waals surface area contributed by atoms with Crippen LogP contribution in [-0.4, -0.2) is 16.1 Å². The number of nitrogens with zero attached hydrogens (tertiary/aromatic N) is 1. The van der Waals surface area contributed by atoms with Crippen LogP contribution in [0.15, 0.2) is 54.7 Å². The van der Waals surface area contributed by atoms with Gasteiger partial charge in [0.25, 0.3) is 0 Å². The molecule has 1 N–H and O–H groups in total. The molecule has 0 amide bonds. The smallest absolute Gasteiger partial charge is 0.416 e. The maximum Gasteiger partial charge on any atom is 0.416 e. The summed E-state index contributed by atoms with van der Waals surface area (Å²) in [6.07, 6.45) is -2.98. The molecule has 3 aromatic rings. The highest BCUT2D eigenvalue weighted by atomic mass is 19.4. The SMILES string of the molecule is O=C(O)c1ccnc2ccc(-c3ccc(C(F)(F)F)cc3)cc12. The highest BCUT2D eigenvalue weighted by Gasteiger charge is 2.29. The van der Waals surface area contributed by atoms with Crippen LogP contribution in [0, 0.1) is 0 Å². The van der Waals surface area contributed by atoms with Crippen molar-refractivity contribution < 1.29 is 23.1 Å². The van der Waals surface area contributed by atoms with Gasteiger partial charge in [0.2, 0.25) is 0 Å². The Morgan fingerprint density at radius 3 is 2.22 bits per heavy atom. The van der Waals surface area contributed by atoms with E-state index in [2.05, 4.69) is 4.98 Å². The third-order valence-electron chi connectivity index (χ3n) is 3.52. The quantitative estimate of drug-likeness (QED) is 0.750. The first-order valence-corrected chi connectivity index (χ1v) is 6.66. The van der Waals surface area contributed by atoms with Crippen LogP contribution < -0.4 is 0 Å². The molecule has 1 heterocycles. The summed E-state index contributed by atoms with van der Waals surface area (Å²) < 4.78 is 37.8. The minimum absolute atomic E-state index is 0.101. The van der Waals surface area contributed by atoms with Crippen molar-refractivity contribution in [3.8, 4) is 11.1 Å². The maximum atomic E-state index is 12.6. The summed E-state index contributed by atoms with van der Waals surface area (Å²) >= 11 is 0. The number of aromatic carboxylic acids is 1. The minimum atomic E-state index is -4.39. The second-order valence-corrected chi connectivity index (χ2v) is 4.97. The van der Waals surface area contributed by atoms with E-state index >= 15 is 0 Å². The van der Waals surface area contributed by atoms with Crippen molar-refractivity contribution in [2.75, 3.05) is 0 Å². The van der Waals surface area contributed by atoms with E-state index in [0.29, 0.717) is 22.0 Å². The first-order valence-electron chi connectivity index (χ1n) is 6.66. The molecule has 0 aliphatic heterocycles. The third kappa shape index (κ3) is 2.88. The average molecular weight is 317 g/mol. The van der Waals surface area contributed by atoms with E-state index < -0.39 is 17.7 Å². The topological polar surface area (TPSA) is 50.2 Å². The maximum absolute atomic E-state index is 12.6. The van der Waals surface area contributed by atoms with Gasteiger partial charge in [0.15, 0.2) is 0 Å². The van der Waals surface area contributed by atoms with Crippen molar-refractivity contribution in [2.45, 2.75) is 6.18 Å². The van der Waals surface area contributed by atoms with E-state index in [4.69, 9.17) is 0 Å². The van der Waals surface area contributed by atoms with Crippen LogP contribution in [0.25, 0.3) is 22.0 Å². The van der Waals surface area contributed by atoms with E-state index in [1.165, 1.54) is 24.4 Å². The Kier molecular flexibility index (Phi) is 3.52. The number of carboxylic acid groups (broad SMARTS) is 1. The zero-order valence-corrected chi connectivity index (χ0v) is 11.6. The molecule has 3 rings (SSSR count). The predicted octanol–water partition coefficient (Wildman–Crippen LogP) is 4.62. The number of fused-ring (bicyclic) bond motifs is 1. The van der Waals surface area contributed by atoms with Crippen LogP contribution in [0.4, 0.5) is 13.2 Å². The van der Waals surface area contributed by atoms with Crippen molar-refractivity contribution in [1.82, 2.24) is 4.98 Å². The number of hydrogen-bond acceptors (Lipinski definition) is 2. The summed E-state index contributed by atoms with van der Waals surface area (Å²) in [6, 6.07) is 11.1. The highest BCUT2D eigenvalue weighted by Crippen LogP contribution is 2.32. The van der Waals surface area contributed by atoms with Crippen molar-refractivity contribution in [2.24, 2.45) is 0 Å². The lowest BCUT2D eigenvalue weighted by Gasteiger charge is -2.09. The van der Waals surface area contributed by atoms with Crippen LogP contribution in [0.2, 0.25) is 0 Å². The molecule has 0 aliphatic carbocycles. The Morgan fingerprint density at radius 2 is 1.61 bits per heavy atom. The lowest BCUT2D eigenvalue weighted by Crippen LogP contribution is -2.04. The van der Waals surface area contributed by atoms with Gasteiger partial charge in [-0.15, -0.1) is 0 Å². The molecule has 0 aliphatic rings. The molecule has 0 spiro atoms. The van der Waals surface area contributed by atoms with Gasteiger partial charge in [-0.05, 0) is 41.5 Å². The number of rotatable bonds is 2. The Labute approximate surface area is 129 Å². The van der Waals surface area contributed by atoms with Gasteiger partial charge in [-0.1, -0.05) is 18.2 Å². The van der Waals surface area contributed by atoms with Gasteiger partial charge in [-0.3, -0.25) is 4.98 Å². The van der Waals surface area contributed by atoms with Gasteiger partial charge >= 0.3 is 12.1 Å². The van der Waals surface area contributed by atoms with Crippen LogP contribution in [0.1, 0.15) is 15.9 Å². The molecular weight excluding hydrogens is 307 g/mol. The molecule has 0 bridgehead atoms. The number of hydrogen-bond donors (Lipinski definition) is 1. The number of halogens is 3. The fourth-order valence-electron chi connectivity index (χ4n) is 2.36. The minimum Gasteiger partial charge on any atom is -0.478 e. The molecule has 0 saturated carbocycles. The fourth-order valence-corrected chi connectivity index (χ4v) is 2.36. The number of alkyl halides is 3. The Balaban J connectivity index is 2.10. The normalized spacial score (nSPS) is 11.6. The molecule has 1 aromatic heterocycles. The highest BCUT2D eigenvalue weighted by molar-refractivity contribution is 6.03. The summed E-state index contributed by atoms with van der Waals surface area (Å²) in [7, 11) is 0. The van der Waals surface area contributed by atoms with E-state index in [-0.39, 0.29) is 5.56 Å². The van der Waals surface area contributed by atoms with Crippen molar-refractivity contribution in [1.29, 1.82) is 0 Å². The van der Waals surface area contributed by atoms with Crippen molar-refractivity contribution >= 4 is 16.9 Å². The van der Waals surface area contributed by atoms with Crippen LogP contribution >= 0.6 is 0 Å². The summed E-state index contributed by atoms with van der Waals surface area (Å²) in [5, 5.41) is 9.66. The van der Waals surface area contributed by atoms with E-state index in [1.807, 2.05) is 0 Å². The standard InChI is InChI=1S/C17H10F3NO2/c18-17(19,20)12-4-1-10(2-5-12)11-3-6-15-14(9-11)13(16(22)23)7-8-21-15/h1-9H,(H,22,23). The monoisotopic (exact) mass is 317 g/mol. The molecule has 0 atom stereocenters. The van der Waals surface area contributed by atoms with Gasteiger partial charge in [-0.25, -0.2) is 4.79 Å². The second-order valence-electron chi connectivity index (χ2n) is 4.97. The molecule has 6 heteroatoms. The molecule has 116 valence electrons. The fraction of sp³-hybridized carbons (Fsp3) is 0.0588. The number of benzene rings is 2. The van der Waals surface area contributed by atoms with Gasteiger partial charge < -0.3 is 5.11 Å². The second kappa shape index (κ2) is 5.39. The molecule has 0 saturated heterocycles. The lowest BCUT2D eigenvalue weighted by atomic mass is 10.00. The summed E-state index contributed by atoms with van der Waals surface area (Å²) in [6.45, 7) is 0. The van der Waals surface area contributed by atoms with E-state index in [1.54, 1.807) is 18.2 Å². The molecule has 0 fully saturated rings. The van der Waals surface area contributed by atoms with Crippen LogP contribution in [-0.2, 0) is 6.18 Å². The third-order valence-corrected chi connectivity index (χ3v) is 3.52. The Hall–Kier alpha value is -2.89. The zero-order valence-electron chi connectivity index (χ0n) is 11.6. The van der Waals surface area contributed by atoms with Crippen molar-refractivity contribution in [3.63, 3.8) is 0 Å². The average Bonchev–Trinajstić information content (AvgIpc) is 2.53. The number of carboxylic acids is 1. The summed E-state index contributed by atoms with van der Waals surface area (Å²) in [5.41, 5.74) is 1.08. The van der Waals surface area contributed by atoms with Crippen molar-refractivity contribution in [3.05, 3.63) is 65.9 Å². The lowest BCUT2D eigenvalue weighted by molar-refractivity contribution is -0.137. The molecular formula is C17H10F3NO2. The van der Waals surface area contributed by atoms with Gasteiger partial charge in [0, 0.05) is 11.6 Å². The van der Waals surface area contributed by atoms with Gasteiger partial charge in [0.1, 0.15) is 0 Å². The molecule has 0 unspecified atom stereocenters. The molecule has 0 radical (unpaired) electrons. The number of pyridine rings is 1. The van der Waals surface area contributed by atoms with Gasteiger partial charge in [0.05, 0.1) is 16.6 Å². The molecule has 23 heavy (non-hydrogen) atoms. The van der Waals surface area contributed by atoms with Gasteiger partial charge in [-0.2, -0.15) is 13.2 Å². The summed E-state index contributed by atoms with van der Waals surface area (Å²) in [5.74, 6) is -1.08. The number of carbonyl (C=O) groups is 1. The predicted molar refractivity (Wildman–Crippen MR) is 79.1 cm³/mol. The molecule has 2 aromatic carbocycles. The largest absolute Gasteiger partial charge is 0.478 e. The first-order chi connectivity index (χ1) is 10.9. The summed E-state index contributed by atoms with van der Waals surface area (Å²) in [4.78, 5) is 15.4. The Bertz CT molecular complexity index is 886. The first kappa shape index (κ1) is 15.0. The van der Waals surface area contributed by atoms with Crippen LogP contribution in [0.5, 0.6) is 0 Å². The molecule has 3 nitrogen and oxygen atoms in total. The van der Waals surface area contributed by atoms with E-state index in [9.17, 15) is 23.1 Å². The van der Waals surface area contributed by atoms with E-state index in [0.717, 1.165) is 12.1 Å².